The zero-order chi connectivity index (χ0) is 32.1. The largest absolute Gasteiger partial charge is 0.444 e. The van der Waals surface area contributed by atoms with Gasteiger partial charge in [0, 0.05) is 50.0 Å². The van der Waals surface area contributed by atoms with Crippen molar-refractivity contribution < 1.29 is 32.2 Å². The van der Waals surface area contributed by atoms with E-state index >= 15 is 0 Å². The molecular formula is C29H35F3N8O4. The van der Waals surface area contributed by atoms with Crippen LogP contribution in [0.5, 0.6) is 0 Å². The average Bonchev–Trinajstić information content (AvgIpc) is 3.55. The van der Waals surface area contributed by atoms with Crippen molar-refractivity contribution in [2.75, 3.05) is 31.6 Å². The van der Waals surface area contributed by atoms with Crippen molar-refractivity contribution in [3.8, 4) is 11.3 Å². The number of imidazole rings is 1. The van der Waals surface area contributed by atoms with Crippen molar-refractivity contribution in [1.29, 1.82) is 0 Å². The number of fused-ring (bicyclic) bond motifs is 1. The quantitative estimate of drug-likeness (QED) is 0.206. The van der Waals surface area contributed by atoms with Crippen molar-refractivity contribution in [3.63, 3.8) is 0 Å². The predicted octanol–water partition coefficient (Wildman–Crippen LogP) is 4.73. The van der Waals surface area contributed by atoms with Gasteiger partial charge in [-0.05, 0) is 51.0 Å². The number of hydrogen-bond acceptors (Lipinski definition) is 8. The first-order chi connectivity index (χ1) is 20.8. The molecule has 0 aliphatic rings. The second kappa shape index (κ2) is 13.3. The number of rotatable bonds is 11. The van der Waals surface area contributed by atoms with Gasteiger partial charge in [0.15, 0.2) is 17.2 Å². The van der Waals surface area contributed by atoms with Crippen molar-refractivity contribution in [2.24, 2.45) is 7.05 Å². The number of hydrogen-bond donors (Lipinski definition) is 3. The Kier molecular flexibility index (Phi) is 9.77. The third kappa shape index (κ3) is 8.03. The molecule has 1 aromatic carbocycles. The lowest BCUT2D eigenvalue weighted by Gasteiger charge is -2.19. The molecule has 0 saturated heterocycles. The smallest absolute Gasteiger partial charge is 0.435 e. The minimum absolute atomic E-state index is 0.101. The Bertz CT molecular complexity index is 1630. The molecule has 0 spiro atoms. The molecule has 15 heteroatoms. The van der Waals surface area contributed by atoms with Crippen LogP contribution in [0.2, 0.25) is 0 Å². The van der Waals surface area contributed by atoms with Gasteiger partial charge in [-0.2, -0.15) is 18.3 Å². The summed E-state index contributed by atoms with van der Waals surface area (Å²) in [5.41, 5.74) is 0.750. The molecule has 0 fully saturated rings. The van der Waals surface area contributed by atoms with Crippen LogP contribution in [0, 0.1) is 0 Å². The van der Waals surface area contributed by atoms with Crippen LogP contribution in [0.1, 0.15) is 49.3 Å². The van der Waals surface area contributed by atoms with Gasteiger partial charge in [0.25, 0.3) is 5.91 Å². The van der Waals surface area contributed by atoms with E-state index in [1.165, 1.54) is 36.2 Å². The van der Waals surface area contributed by atoms with E-state index in [1.807, 2.05) is 13.0 Å². The van der Waals surface area contributed by atoms with E-state index in [-0.39, 0.29) is 43.5 Å². The molecule has 0 bridgehead atoms. The Balaban J connectivity index is 1.37. The number of nitrogens with one attached hydrogen (secondary N) is 3. The fraction of sp³-hybridized carbons (Fsp3) is 0.414. The molecule has 236 valence electrons. The first-order valence-electron chi connectivity index (χ1n) is 13.9. The lowest BCUT2D eigenvalue weighted by molar-refractivity contribution is -0.141. The number of aryl methyl sites for hydroxylation is 2. The van der Waals surface area contributed by atoms with Gasteiger partial charge < -0.3 is 25.4 Å². The summed E-state index contributed by atoms with van der Waals surface area (Å²) in [4.78, 5) is 33.1. The second-order valence-corrected chi connectivity index (χ2v) is 10.8. The van der Waals surface area contributed by atoms with E-state index in [4.69, 9.17) is 9.47 Å². The number of benzene rings is 1. The summed E-state index contributed by atoms with van der Waals surface area (Å²) in [6.07, 6.45) is 1.05. The Labute approximate surface area is 252 Å². The summed E-state index contributed by atoms with van der Waals surface area (Å²) in [6.45, 7) is 8.32. The highest BCUT2D eigenvalue weighted by Gasteiger charge is 2.38. The lowest BCUT2D eigenvalue weighted by Crippen LogP contribution is -2.34. The van der Waals surface area contributed by atoms with Crippen LogP contribution in [-0.2, 0) is 29.1 Å². The monoisotopic (exact) mass is 616 g/mol. The highest BCUT2D eigenvalue weighted by molar-refractivity contribution is 5.96. The van der Waals surface area contributed by atoms with Crippen molar-refractivity contribution in [1.82, 2.24) is 34.8 Å². The molecule has 0 aliphatic heterocycles. The molecule has 4 rings (SSSR count). The maximum absolute atomic E-state index is 13.6. The number of halogens is 3. The van der Waals surface area contributed by atoms with Gasteiger partial charge in [-0.15, -0.1) is 0 Å². The molecule has 0 atom stereocenters. The number of carbonyl (C=O) groups excluding carboxylic acids is 2. The summed E-state index contributed by atoms with van der Waals surface area (Å²) in [6, 6.07) is 5.21. The van der Waals surface area contributed by atoms with Gasteiger partial charge in [0.2, 0.25) is 0 Å². The zero-order valence-electron chi connectivity index (χ0n) is 25.1. The number of nitrogens with zero attached hydrogens (tertiary/aromatic N) is 5. The van der Waals surface area contributed by atoms with Gasteiger partial charge in [0.1, 0.15) is 5.60 Å². The van der Waals surface area contributed by atoms with Crippen LogP contribution < -0.4 is 16.0 Å². The van der Waals surface area contributed by atoms with Crippen LogP contribution in [-0.4, -0.2) is 68.1 Å². The zero-order valence-corrected chi connectivity index (χ0v) is 25.1. The van der Waals surface area contributed by atoms with Gasteiger partial charge in [-0.1, -0.05) is 6.92 Å². The van der Waals surface area contributed by atoms with Crippen LogP contribution in [0.4, 0.5) is 29.5 Å². The number of alkyl halides is 3. The molecule has 3 aromatic heterocycles. The molecule has 0 aliphatic carbocycles. The molecule has 2 amide bonds. The first kappa shape index (κ1) is 32.3. The Morgan fingerprint density at radius 3 is 2.45 bits per heavy atom. The van der Waals surface area contributed by atoms with Gasteiger partial charge >= 0.3 is 12.3 Å². The van der Waals surface area contributed by atoms with Crippen molar-refractivity contribution in [2.45, 2.75) is 45.9 Å². The van der Waals surface area contributed by atoms with E-state index < -0.39 is 23.6 Å². The normalized spacial score (nSPS) is 11.9. The molecule has 0 saturated carbocycles. The van der Waals surface area contributed by atoms with Crippen molar-refractivity contribution >= 4 is 29.2 Å². The topological polar surface area (TPSA) is 137 Å². The molecule has 3 N–H and O–H groups in total. The van der Waals surface area contributed by atoms with E-state index in [1.54, 1.807) is 32.9 Å². The number of ether oxygens (including phenoxy) is 2. The number of amides is 2. The lowest BCUT2D eigenvalue weighted by atomic mass is 10.0. The third-order valence-corrected chi connectivity index (χ3v) is 6.24. The standard InChI is InChI=1S/C29H35F3N8O4/c1-6-18-15-19(7-8-20(18)26(41)34-10-13-43-14-11-35-27(42)44-28(2,3)4)37-24-25-36-16-22(40(25)12-9-33-24)21-17-39(5)38-23(21)29(30,31)32/h7-9,12,15-17H,6,10-11,13-14H2,1-5H3,(H,33,37)(H,34,41)(H,35,42). The predicted molar refractivity (Wildman–Crippen MR) is 157 cm³/mol. The van der Waals surface area contributed by atoms with Crippen LogP contribution in [0.25, 0.3) is 16.9 Å². The Morgan fingerprint density at radius 2 is 1.77 bits per heavy atom. The van der Waals surface area contributed by atoms with Gasteiger partial charge in [0.05, 0.1) is 30.7 Å². The molecule has 0 radical (unpaired) electrons. The number of aromatic nitrogens is 5. The van der Waals surface area contributed by atoms with Crippen LogP contribution in [0.15, 0.2) is 43.0 Å². The molecular weight excluding hydrogens is 581 g/mol. The summed E-state index contributed by atoms with van der Waals surface area (Å²) >= 11 is 0. The SMILES string of the molecule is CCc1cc(Nc2nccn3c(-c4cn(C)nc4C(F)(F)F)cnc23)ccc1C(=O)NCCOCCNC(=O)OC(C)(C)C. The second-order valence-electron chi connectivity index (χ2n) is 10.8. The summed E-state index contributed by atoms with van der Waals surface area (Å²) in [5, 5.41) is 12.2. The fourth-order valence-electron chi connectivity index (χ4n) is 4.39. The Hall–Kier alpha value is -4.66. The van der Waals surface area contributed by atoms with E-state index in [0.29, 0.717) is 29.1 Å². The van der Waals surface area contributed by atoms with Gasteiger partial charge in [-0.3, -0.25) is 13.9 Å². The molecule has 0 unspecified atom stereocenters. The minimum atomic E-state index is -4.63. The summed E-state index contributed by atoms with van der Waals surface area (Å²) in [5.74, 6) is 0.0627. The molecule has 4 aromatic rings. The average molecular weight is 617 g/mol. The highest BCUT2D eigenvalue weighted by atomic mass is 19.4. The molecule has 44 heavy (non-hydrogen) atoms. The van der Waals surface area contributed by atoms with E-state index in [2.05, 4.69) is 31.0 Å². The highest BCUT2D eigenvalue weighted by Crippen LogP contribution is 2.36. The first-order valence-corrected chi connectivity index (χ1v) is 13.9. The van der Waals surface area contributed by atoms with Crippen LogP contribution >= 0.6 is 0 Å². The molecule has 12 nitrogen and oxygen atoms in total. The third-order valence-electron chi connectivity index (χ3n) is 6.24. The minimum Gasteiger partial charge on any atom is -0.444 e. The summed E-state index contributed by atoms with van der Waals surface area (Å²) in [7, 11) is 1.43. The maximum atomic E-state index is 13.6. The van der Waals surface area contributed by atoms with Gasteiger partial charge in [-0.25, -0.2) is 14.8 Å². The number of alkyl carbamates (subject to hydrolysis) is 1. The van der Waals surface area contributed by atoms with E-state index in [0.717, 1.165) is 10.2 Å². The van der Waals surface area contributed by atoms with E-state index in [9.17, 15) is 22.8 Å². The fourth-order valence-corrected chi connectivity index (χ4v) is 4.39. The summed E-state index contributed by atoms with van der Waals surface area (Å²) < 4.78 is 54.0. The Morgan fingerprint density at radius 1 is 1.05 bits per heavy atom. The number of anilines is 2. The number of carbonyl (C=O) groups is 2. The van der Waals surface area contributed by atoms with Crippen molar-refractivity contribution in [3.05, 3.63) is 59.8 Å². The maximum Gasteiger partial charge on any atom is 0.435 e. The molecule has 3 heterocycles. The van der Waals surface area contributed by atoms with Crippen LogP contribution in [0.3, 0.4) is 0 Å².